The van der Waals surface area contributed by atoms with E-state index in [2.05, 4.69) is 18.7 Å². The molecule has 1 aliphatic rings. The smallest absolute Gasteiger partial charge is 0.000750 e. The zero-order valence-electron chi connectivity index (χ0n) is 6.97. The molecule has 0 spiro atoms. The van der Waals surface area contributed by atoms with Crippen molar-refractivity contribution in [1.29, 1.82) is 0 Å². The molecule has 0 amide bonds. The first-order chi connectivity index (χ1) is 4.83. The quantitative estimate of drug-likeness (QED) is 0.579. The third-order valence-corrected chi connectivity index (χ3v) is 2.23. The molecule has 1 rings (SSSR count). The van der Waals surface area contributed by atoms with E-state index in [1.54, 1.807) is 0 Å². The van der Waals surface area contributed by atoms with E-state index in [9.17, 15) is 0 Å². The molecule has 10 heavy (non-hydrogen) atoms. The number of hydrogen-bond donors (Lipinski definition) is 0. The average molecular weight is 140 g/mol. The first-order valence-corrected chi connectivity index (χ1v) is 4.34. The number of hydrogen-bond acceptors (Lipinski definition) is 1. The van der Waals surface area contributed by atoms with Crippen molar-refractivity contribution in [2.24, 2.45) is 5.92 Å². The summed E-state index contributed by atoms with van der Waals surface area (Å²) in [5.74, 6) is 0.935. The molecule has 0 bridgehead atoms. The van der Waals surface area contributed by atoms with Gasteiger partial charge in [0.05, 0.1) is 0 Å². The lowest BCUT2D eigenvalue weighted by Crippen LogP contribution is -2.21. The molecule has 1 nitrogen and oxygen atoms in total. The molecular formula is C9H18N. The van der Waals surface area contributed by atoms with Gasteiger partial charge in [-0.2, -0.15) is 0 Å². The highest BCUT2D eigenvalue weighted by molar-refractivity contribution is 4.71. The van der Waals surface area contributed by atoms with Crippen molar-refractivity contribution in [3.63, 3.8) is 0 Å². The van der Waals surface area contributed by atoms with Crippen molar-refractivity contribution in [2.45, 2.75) is 26.2 Å². The Balaban J connectivity index is 2.06. The van der Waals surface area contributed by atoms with Crippen LogP contribution in [0.5, 0.6) is 0 Å². The Bertz CT molecular complexity index is 90.7. The predicted octanol–water partition coefficient (Wildman–Crippen LogP) is 1.94. The van der Waals surface area contributed by atoms with Gasteiger partial charge in [0.1, 0.15) is 0 Å². The first kappa shape index (κ1) is 8.06. The maximum absolute atomic E-state index is 3.84. The van der Waals surface area contributed by atoms with Crippen LogP contribution in [0.1, 0.15) is 26.2 Å². The second kappa shape index (κ2) is 3.97. The Morgan fingerprint density at radius 2 is 2.40 bits per heavy atom. The van der Waals surface area contributed by atoms with Gasteiger partial charge in [0.25, 0.3) is 0 Å². The zero-order chi connectivity index (χ0) is 7.40. The van der Waals surface area contributed by atoms with Crippen LogP contribution in [0.15, 0.2) is 0 Å². The van der Waals surface area contributed by atoms with E-state index in [-0.39, 0.29) is 0 Å². The van der Waals surface area contributed by atoms with Gasteiger partial charge in [-0.3, -0.25) is 0 Å². The lowest BCUT2D eigenvalue weighted by Gasteiger charge is -2.13. The third-order valence-electron chi connectivity index (χ3n) is 2.23. The van der Waals surface area contributed by atoms with Crippen LogP contribution >= 0.6 is 0 Å². The molecular weight excluding hydrogens is 122 g/mol. The van der Waals surface area contributed by atoms with Gasteiger partial charge >= 0.3 is 0 Å². The molecule has 1 saturated heterocycles. The van der Waals surface area contributed by atoms with Crippen molar-refractivity contribution < 1.29 is 0 Å². The second-order valence-corrected chi connectivity index (χ2v) is 3.40. The summed E-state index contributed by atoms with van der Waals surface area (Å²) < 4.78 is 0. The van der Waals surface area contributed by atoms with Gasteiger partial charge in [0, 0.05) is 6.54 Å². The fraction of sp³-hybridized carbons (Fsp3) is 0.889. The van der Waals surface area contributed by atoms with Gasteiger partial charge in [0.15, 0.2) is 0 Å². The number of likely N-dealkylation sites (tertiary alicyclic amines) is 1. The van der Waals surface area contributed by atoms with Crippen LogP contribution in [0, 0.1) is 12.8 Å². The van der Waals surface area contributed by atoms with E-state index in [1.165, 1.54) is 32.5 Å². The number of rotatable bonds is 3. The van der Waals surface area contributed by atoms with Crippen molar-refractivity contribution in [3.05, 3.63) is 6.92 Å². The Hall–Kier alpha value is -0.0400. The lowest BCUT2D eigenvalue weighted by molar-refractivity contribution is 0.324. The van der Waals surface area contributed by atoms with Crippen LogP contribution in [-0.2, 0) is 0 Å². The van der Waals surface area contributed by atoms with Gasteiger partial charge in [-0.1, -0.05) is 20.3 Å². The molecule has 0 saturated carbocycles. The van der Waals surface area contributed by atoms with E-state index < -0.39 is 0 Å². The summed E-state index contributed by atoms with van der Waals surface area (Å²) in [4.78, 5) is 2.55. The maximum atomic E-state index is 3.84. The molecule has 0 aromatic heterocycles. The van der Waals surface area contributed by atoms with Crippen molar-refractivity contribution in [2.75, 3.05) is 19.6 Å². The van der Waals surface area contributed by atoms with Crippen molar-refractivity contribution >= 4 is 0 Å². The second-order valence-electron chi connectivity index (χ2n) is 3.40. The van der Waals surface area contributed by atoms with E-state index >= 15 is 0 Å². The summed E-state index contributed by atoms with van der Waals surface area (Å²) in [5.41, 5.74) is 0. The highest BCUT2D eigenvalue weighted by Gasteiger charge is 2.16. The summed E-state index contributed by atoms with van der Waals surface area (Å²) in [7, 11) is 0. The monoisotopic (exact) mass is 140 g/mol. The SMILES string of the molecule is [CH2]CCCN1CCC(C)C1. The van der Waals surface area contributed by atoms with Gasteiger partial charge in [0.2, 0.25) is 0 Å². The Morgan fingerprint density at radius 3 is 2.90 bits per heavy atom. The van der Waals surface area contributed by atoms with E-state index in [4.69, 9.17) is 0 Å². The molecule has 1 aliphatic heterocycles. The summed E-state index contributed by atoms with van der Waals surface area (Å²) in [6.45, 7) is 10.1. The molecule has 1 fully saturated rings. The molecule has 0 aromatic carbocycles. The molecule has 1 unspecified atom stereocenters. The topological polar surface area (TPSA) is 3.24 Å². The van der Waals surface area contributed by atoms with Crippen LogP contribution < -0.4 is 0 Å². The van der Waals surface area contributed by atoms with Crippen molar-refractivity contribution in [3.8, 4) is 0 Å². The van der Waals surface area contributed by atoms with E-state index in [0.717, 1.165) is 12.3 Å². The normalized spacial score (nSPS) is 27.6. The fourth-order valence-electron chi connectivity index (χ4n) is 1.56. The van der Waals surface area contributed by atoms with Crippen LogP contribution in [0.4, 0.5) is 0 Å². The molecule has 1 heteroatoms. The average Bonchev–Trinajstić information content (AvgIpc) is 2.31. The number of unbranched alkanes of at least 4 members (excludes halogenated alkanes) is 1. The number of nitrogens with zero attached hydrogens (tertiary/aromatic N) is 1. The summed E-state index contributed by atoms with van der Waals surface area (Å²) >= 11 is 0. The fourth-order valence-corrected chi connectivity index (χ4v) is 1.56. The lowest BCUT2D eigenvalue weighted by atomic mass is 10.2. The van der Waals surface area contributed by atoms with Crippen LogP contribution in [-0.4, -0.2) is 24.5 Å². The molecule has 1 radical (unpaired) electrons. The summed E-state index contributed by atoms with van der Waals surface area (Å²) in [5, 5.41) is 0. The minimum atomic E-state index is 0.935. The molecule has 0 aliphatic carbocycles. The van der Waals surface area contributed by atoms with E-state index in [1.807, 2.05) is 0 Å². The van der Waals surface area contributed by atoms with Gasteiger partial charge in [-0.25, -0.2) is 0 Å². The van der Waals surface area contributed by atoms with Crippen LogP contribution in [0.2, 0.25) is 0 Å². The molecule has 0 aromatic rings. The van der Waals surface area contributed by atoms with Crippen LogP contribution in [0.25, 0.3) is 0 Å². The van der Waals surface area contributed by atoms with Crippen LogP contribution in [0.3, 0.4) is 0 Å². The highest BCUT2D eigenvalue weighted by Crippen LogP contribution is 2.14. The summed E-state index contributed by atoms with van der Waals surface area (Å²) in [6, 6.07) is 0. The first-order valence-electron chi connectivity index (χ1n) is 4.34. The Kier molecular flexibility index (Phi) is 3.20. The maximum Gasteiger partial charge on any atom is 0.000750 e. The van der Waals surface area contributed by atoms with Gasteiger partial charge < -0.3 is 4.90 Å². The largest absolute Gasteiger partial charge is 0.303 e. The highest BCUT2D eigenvalue weighted by atomic mass is 15.1. The minimum Gasteiger partial charge on any atom is -0.303 e. The van der Waals surface area contributed by atoms with Crippen molar-refractivity contribution in [1.82, 2.24) is 4.90 Å². The molecule has 1 heterocycles. The van der Waals surface area contributed by atoms with Gasteiger partial charge in [-0.05, 0) is 31.8 Å². The zero-order valence-corrected chi connectivity index (χ0v) is 6.97. The molecule has 1 atom stereocenters. The summed E-state index contributed by atoms with van der Waals surface area (Å²) in [6.07, 6.45) is 3.76. The molecule has 59 valence electrons. The minimum absolute atomic E-state index is 0.935. The van der Waals surface area contributed by atoms with E-state index in [0.29, 0.717) is 0 Å². The standard InChI is InChI=1S/C9H18N/c1-3-4-6-10-7-5-9(2)8-10/h9H,1,3-8H2,2H3. The Labute approximate surface area is 64.4 Å². The third kappa shape index (κ3) is 2.30. The predicted molar refractivity (Wildman–Crippen MR) is 44.8 cm³/mol. The van der Waals surface area contributed by atoms with Gasteiger partial charge in [-0.15, -0.1) is 0 Å². The Morgan fingerprint density at radius 1 is 1.60 bits per heavy atom. The molecule has 0 N–H and O–H groups in total.